The Morgan fingerprint density at radius 1 is 1.40 bits per heavy atom. The zero-order valence-corrected chi connectivity index (χ0v) is 13.8. The highest BCUT2D eigenvalue weighted by atomic mass is 19.1. The third-order valence-corrected chi connectivity index (χ3v) is 4.67. The van der Waals surface area contributed by atoms with Crippen LogP contribution in [0.5, 0.6) is 0 Å². The predicted octanol–water partition coefficient (Wildman–Crippen LogP) is 3.06. The van der Waals surface area contributed by atoms with E-state index in [2.05, 4.69) is 10.3 Å². The van der Waals surface area contributed by atoms with Crippen molar-refractivity contribution in [2.75, 3.05) is 19.6 Å². The first-order chi connectivity index (χ1) is 12.1. The number of piperazine rings is 1. The molecule has 0 bridgehead atoms. The number of carbonyl (C=O) groups is 1. The summed E-state index contributed by atoms with van der Waals surface area (Å²) >= 11 is 0. The molecule has 1 unspecified atom stereocenters. The first-order valence-electron chi connectivity index (χ1n) is 8.25. The Hall–Kier alpha value is -2.73. The van der Waals surface area contributed by atoms with E-state index in [0.717, 1.165) is 12.1 Å². The van der Waals surface area contributed by atoms with Crippen molar-refractivity contribution in [3.05, 3.63) is 65.4 Å². The Kier molecular flexibility index (Phi) is 3.97. The van der Waals surface area contributed by atoms with Crippen LogP contribution in [0.3, 0.4) is 0 Å². The number of furan rings is 1. The molecule has 0 radical (unpaired) electrons. The maximum absolute atomic E-state index is 13.5. The van der Waals surface area contributed by atoms with E-state index in [0.29, 0.717) is 29.6 Å². The number of benzene rings is 1. The van der Waals surface area contributed by atoms with Gasteiger partial charge in [-0.15, -0.1) is 0 Å². The van der Waals surface area contributed by atoms with Crippen molar-refractivity contribution in [2.24, 2.45) is 0 Å². The van der Waals surface area contributed by atoms with Crippen molar-refractivity contribution >= 4 is 16.9 Å². The molecule has 2 aromatic heterocycles. The lowest BCUT2D eigenvalue weighted by atomic mass is 10.0. The maximum atomic E-state index is 13.5. The van der Waals surface area contributed by atoms with Crippen molar-refractivity contribution in [3.8, 4) is 0 Å². The molecule has 128 valence electrons. The van der Waals surface area contributed by atoms with Crippen LogP contribution in [0.25, 0.3) is 11.0 Å². The largest absolute Gasteiger partial charge is 0.451 e. The lowest BCUT2D eigenvalue weighted by molar-refractivity contribution is 0.0602. The number of hydrogen-bond acceptors (Lipinski definition) is 4. The molecule has 0 aliphatic carbocycles. The van der Waals surface area contributed by atoms with Gasteiger partial charge in [0, 0.05) is 43.0 Å². The minimum atomic E-state index is -0.342. The molecule has 1 aliphatic rings. The van der Waals surface area contributed by atoms with Gasteiger partial charge < -0.3 is 14.6 Å². The van der Waals surface area contributed by atoms with E-state index in [1.165, 1.54) is 12.1 Å². The van der Waals surface area contributed by atoms with E-state index in [9.17, 15) is 9.18 Å². The summed E-state index contributed by atoms with van der Waals surface area (Å²) in [6.45, 7) is 3.74. The van der Waals surface area contributed by atoms with Crippen molar-refractivity contribution in [3.63, 3.8) is 0 Å². The molecule has 1 aromatic carbocycles. The quantitative estimate of drug-likeness (QED) is 0.780. The van der Waals surface area contributed by atoms with E-state index in [-0.39, 0.29) is 23.5 Å². The molecule has 25 heavy (non-hydrogen) atoms. The third-order valence-electron chi connectivity index (χ3n) is 4.67. The Labute approximate surface area is 144 Å². The molecule has 0 spiro atoms. The average Bonchev–Trinajstić information content (AvgIpc) is 2.98. The number of carbonyl (C=O) groups excluding carboxylic acids is 1. The summed E-state index contributed by atoms with van der Waals surface area (Å²) in [4.78, 5) is 19.1. The molecule has 4 rings (SSSR count). The summed E-state index contributed by atoms with van der Waals surface area (Å²) in [5.74, 6) is -0.244. The summed E-state index contributed by atoms with van der Waals surface area (Å²) in [6.07, 6.45) is 3.49. The molecule has 5 nitrogen and oxygen atoms in total. The number of halogens is 1. The van der Waals surface area contributed by atoms with Crippen LogP contribution in [0.2, 0.25) is 0 Å². The van der Waals surface area contributed by atoms with Crippen LogP contribution in [0.4, 0.5) is 4.39 Å². The molecule has 3 heterocycles. The topological polar surface area (TPSA) is 58.4 Å². The Bertz CT molecular complexity index is 923. The Morgan fingerprint density at radius 2 is 2.28 bits per heavy atom. The molecule has 1 saturated heterocycles. The first kappa shape index (κ1) is 15.8. The van der Waals surface area contributed by atoms with Crippen LogP contribution >= 0.6 is 0 Å². The number of rotatable bonds is 2. The van der Waals surface area contributed by atoms with Crippen LogP contribution in [-0.2, 0) is 0 Å². The van der Waals surface area contributed by atoms with Crippen LogP contribution in [0, 0.1) is 12.7 Å². The van der Waals surface area contributed by atoms with Crippen LogP contribution in [-0.4, -0.2) is 35.4 Å². The second kappa shape index (κ2) is 6.29. The lowest BCUT2D eigenvalue weighted by Gasteiger charge is -2.36. The SMILES string of the molecule is Cc1c(C(=O)N2CCNCC2c2cccnc2)oc2ccc(F)cc12. The van der Waals surface area contributed by atoms with Gasteiger partial charge in [-0.05, 0) is 36.8 Å². The molecule has 1 N–H and O–H groups in total. The molecule has 0 saturated carbocycles. The van der Waals surface area contributed by atoms with E-state index in [1.54, 1.807) is 30.3 Å². The Balaban J connectivity index is 1.72. The number of hydrogen-bond donors (Lipinski definition) is 1. The molecule has 3 aromatic rings. The monoisotopic (exact) mass is 339 g/mol. The van der Waals surface area contributed by atoms with Crippen LogP contribution in [0.1, 0.15) is 27.7 Å². The minimum absolute atomic E-state index is 0.112. The van der Waals surface area contributed by atoms with Gasteiger partial charge >= 0.3 is 0 Å². The molecule has 6 heteroatoms. The van der Waals surface area contributed by atoms with Gasteiger partial charge in [0.1, 0.15) is 11.4 Å². The fraction of sp³-hybridized carbons (Fsp3) is 0.263. The minimum Gasteiger partial charge on any atom is -0.451 e. The van der Waals surface area contributed by atoms with Gasteiger partial charge in [0.2, 0.25) is 0 Å². The standard InChI is InChI=1S/C19H18FN3O2/c1-12-15-9-14(20)4-5-17(15)25-18(12)19(24)23-8-7-22-11-16(23)13-3-2-6-21-10-13/h2-6,9-10,16,22H,7-8,11H2,1H3. The molecule has 1 aliphatic heterocycles. The molecule has 1 fully saturated rings. The van der Waals surface area contributed by atoms with Gasteiger partial charge in [0.25, 0.3) is 5.91 Å². The van der Waals surface area contributed by atoms with Crippen molar-refractivity contribution in [1.29, 1.82) is 0 Å². The predicted molar refractivity (Wildman–Crippen MR) is 91.8 cm³/mol. The van der Waals surface area contributed by atoms with Crippen molar-refractivity contribution < 1.29 is 13.6 Å². The van der Waals surface area contributed by atoms with Crippen molar-refractivity contribution in [2.45, 2.75) is 13.0 Å². The van der Waals surface area contributed by atoms with Gasteiger partial charge in [-0.1, -0.05) is 6.07 Å². The summed E-state index contributed by atoms with van der Waals surface area (Å²) < 4.78 is 19.3. The number of fused-ring (bicyclic) bond motifs is 1. The van der Waals surface area contributed by atoms with Gasteiger partial charge in [-0.2, -0.15) is 0 Å². The summed E-state index contributed by atoms with van der Waals surface area (Å²) in [6, 6.07) is 8.02. The first-order valence-corrected chi connectivity index (χ1v) is 8.25. The number of aromatic nitrogens is 1. The second-order valence-electron chi connectivity index (χ2n) is 6.20. The normalized spacial score (nSPS) is 17.8. The second-order valence-corrected chi connectivity index (χ2v) is 6.20. The van der Waals surface area contributed by atoms with E-state index in [1.807, 2.05) is 12.1 Å². The molecular formula is C19H18FN3O2. The number of pyridine rings is 1. The summed E-state index contributed by atoms with van der Waals surface area (Å²) in [7, 11) is 0. The van der Waals surface area contributed by atoms with Gasteiger partial charge in [-0.3, -0.25) is 9.78 Å². The fourth-order valence-electron chi connectivity index (χ4n) is 3.35. The van der Waals surface area contributed by atoms with Crippen molar-refractivity contribution in [1.82, 2.24) is 15.2 Å². The number of nitrogens with one attached hydrogen (secondary N) is 1. The van der Waals surface area contributed by atoms with E-state index in [4.69, 9.17) is 4.42 Å². The number of nitrogens with zero attached hydrogens (tertiary/aromatic N) is 2. The molecule has 1 atom stereocenters. The highest BCUT2D eigenvalue weighted by Gasteiger charge is 2.31. The average molecular weight is 339 g/mol. The van der Waals surface area contributed by atoms with Crippen LogP contribution < -0.4 is 5.32 Å². The molecular weight excluding hydrogens is 321 g/mol. The smallest absolute Gasteiger partial charge is 0.290 e. The number of amides is 1. The zero-order chi connectivity index (χ0) is 17.4. The summed E-state index contributed by atoms with van der Waals surface area (Å²) in [5.41, 5.74) is 2.17. The molecule has 1 amide bonds. The Morgan fingerprint density at radius 3 is 3.08 bits per heavy atom. The van der Waals surface area contributed by atoms with Crippen LogP contribution in [0.15, 0.2) is 47.1 Å². The summed E-state index contributed by atoms with van der Waals surface area (Å²) in [5, 5.41) is 3.95. The van der Waals surface area contributed by atoms with Gasteiger partial charge in [-0.25, -0.2) is 4.39 Å². The third kappa shape index (κ3) is 2.78. The van der Waals surface area contributed by atoms with Gasteiger partial charge in [0.15, 0.2) is 5.76 Å². The number of aryl methyl sites for hydroxylation is 1. The van der Waals surface area contributed by atoms with Gasteiger partial charge in [0.05, 0.1) is 6.04 Å². The highest BCUT2D eigenvalue weighted by Crippen LogP contribution is 2.30. The van der Waals surface area contributed by atoms with E-state index >= 15 is 0 Å². The highest BCUT2D eigenvalue weighted by molar-refractivity contribution is 5.99. The van der Waals surface area contributed by atoms with E-state index < -0.39 is 0 Å². The zero-order valence-electron chi connectivity index (χ0n) is 13.8. The lowest BCUT2D eigenvalue weighted by Crippen LogP contribution is -2.48. The maximum Gasteiger partial charge on any atom is 0.290 e. The fourth-order valence-corrected chi connectivity index (χ4v) is 3.35.